The van der Waals surface area contributed by atoms with E-state index in [9.17, 15) is 14.9 Å². The highest BCUT2D eigenvalue weighted by atomic mass is 35.5. The molecule has 0 radical (unpaired) electrons. The van der Waals surface area contributed by atoms with E-state index in [4.69, 9.17) is 23.2 Å². The third kappa shape index (κ3) is 4.41. The molecule has 0 saturated carbocycles. The van der Waals surface area contributed by atoms with Gasteiger partial charge < -0.3 is 10.2 Å². The van der Waals surface area contributed by atoms with E-state index in [1.807, 2.05) is 0 Å². The molecule has 0 fully saturated rings. The Hall–Kier alpha value is -2.31. The van der Waals surface area contributed by atoms with E-state index < -0.39 is 10.8 Å². The van der Waals surface area contributed by atoms with Crippen molar-refractivity contribution in [3.8, 4) is 0 Å². The first-order chi connectivity index (χ1) is 11.7. The lowest BCUT2D eigenvalue weighted by Gasteiger charge is -2.19. The molecule has 132 valence electrons. The molecule has 8 heteroatoms. The number of halogens is 2. The standard InChI is InChI=1S/C17H17Cl2N3O3/c1-10(11-4-6-14(18)15(19)8-11)20-17(23)13-9-12(22(24)25)5-7-16(13)21(2)3/h4-10H,1-3H3,(H,20,23). The number of nitrogens with one attached hydrogen (secondary N) is 1. The lowest BCUT2D eigenvalue weighted by Crippen LogP contribution is -2.28. The fraction of sp³-hybridized carbons (Fsp3) is 0.235. The Kier molecular flexibility index (Phi) is 5.87. The number of hydrogen-bond donors (Lipinski definition) is 1. The summed E-state index contributed by atoms with van der Waals surface area (Å²) < 4.78 is 0. The van der Waals surface area contributed by atoms with Crippen molar-refractivity contribution in [3.05, 3.63) is 67.7 Å². The SMILES string of the molecule is CC(NC(=O)c1cc([N+](=O)[O-])ccc1N(C)C)c1ccc(Cl)c(Cl)c1. The number of non-ortho nitro benzene ring substituents is 1. The van der Waals surface area contributed by atoms with Crippen LogP contribution >= 0.6 is 23.2 Å². The molecular formula is C17H17Cl2N3O3. The van der Waals surface area contributed by atoms with Crippen LogP contribution in [0.2, 0.25) is 10.0 Å². The van der Waals surface area contributed by atoms with Crippen LogP contribution in [0.1, 0.15) is 28.9 Å². The molecule has 0 bridgehead atoms. The second-order valence-corrected chi connectivity index (χ2v) is 6.54. The van der Waals surface area contributed by atoms with Crippen molar-refractivity contribution in [2.45, 2.75) is 13.0 Å². The predicted molar refractivity (Wildman–Crippen MR) is 99.8 cm³/mol. The maximum absolute atomic E-state index is 12.7. The minimum absolute atomic E-state index is 0.141. The molecule has 0 aliphatic carbocycles. The summed E-state index contributed by atoms with van der Waals surface area (Å²) in [6, 6.07) is 8.93. The second-order valence-electron chi connectivity index (χ2n) is 5.72. The third-order valence-corrected chi connectivity index (χ3v) is 4.45. The lowest BCUT2D eigenvalue weighted by atomic mass is 10.1. The number of rotatable bonds is 5. The molecule has 6 nitrogen and oxygen atoms in total. The molecule has 1 N–H and O–H groups in total. The van der Waals surface area contributed by atoms with E-state index in [0.29, 0.717) is 15.7 Å². The number of benzene rings is 2. The summed E-state index contributed by atoms with van der Waals surface area (Å²) in [5.74, 6) is -0.411. The predicted octanol–water partition coefficient (Wildman–Crippen LogP) is 4.46. The summed E-state index contributed by atoms with van der Waals surface area (Å²) in [7, 11) is 3.53. The molecule has 0 aliphatic rings. The smallest absolute Gasteiger partial charge is 0.270 e. The summed E-state index contributed by atoms with van der Waals surface area (Å²) in [6.45, 7) is 1.80. The fourth-order valence-electron chi connectivity index (χ4n) is 2.35. The van der Waals surface area contributed by atoms with Gasteiger partial charge in [0.1, 0.15) is 0 Å². The van der Waals surface area contributed by atoms with Crippen molar-refractivity contribution in [1.82, 2.24) is 5.32 Å². The quantitative estimate of drug-likeness (QED) is 0.612. The third-order valence-electron chi connectivity index (χ3n) is 3.71. The number of nitrogens with zero attached hydrogens (tertiary/aromatic N) is 2. The van der Waals surface area contributed by atoms with Gasteiger partial charge in [-0.25, -0.2) is 0 Å². The molecule has 1 atom stereocenters. The molecule has 0 heterocycles. The zero-order chi connectivity index (χ0) is 18.7. The zero-order valence-corrected chi connectivity index (χ0v) is 15.4. The van der Waals surface area contributed by atoms with Gasteiger partial charge in [0, 0.05) is 31.9 Å². The van der Waals surface area contributed by atoms with Crippen molar-refractivity contribution in [3.63, 3.8) is 0 Å². The fourth-order valence-corrected chi connectivity index (χ4v) is 2.66. The number of anilines is 1. The van der Waals surface area contributed by atoms with E-state index in [0.717, 1.165) is 5.56 Å². The molecule has 0 aromatic heterocycles. The highest BCUT2D eigenvalue weighted by Gasteiger charge is 2.20. The number of hydrogen-bond acceptors (Lipinski definition) is 4. The van der Waals surface area contributed by atoms with Crippen LogP contribution < -0.4 is 10.2 Å². The summed E-state index contributed by atoms with van der Waals surface area (Å²) in [6.07, 6.45) is 0. The number of carbonyl (C=O) groups excluding carboxylic acids is 1. The molecule has 25 heavy (non-hydrogen) atoms. The Morgan fingerprint density at radius 1 is 1.16 bits per heavy atom. The first-order valence-electron chi connectivity index (χ1n) is 7.42. The van der Waals surface area contributed by atoms with Crippen molar-refractivity contribution in [2.75, 3.05) is 19.0 Å². The minimum Gasteiger partial charge on any atom is -0.377 e. The number of amides is 1. The maximum atomic E-state index is 12.7. The summed E-state index contributed by atoms with van der Waals surface area (Å²) in [4.78, 5) is 24.9. The maximum Gasteiger partial charge on any atom is 0.270 e. The van der Waals surface area contributed by atoms with Crippen molar-refractivity contribution >= 4 is 40.5 Å². The van der Waals surface area contributed by atoms with E-state index in [-0.39, 0.29) is 17.3 Å². The number of carbonyl (C=O) groups is 1. The first kappa shape index (κ1) is 19.0. The van der Waals surface area contributed by atoms with Gasteiger partial charge in [-0.1, -0.05) is 29.3 Å². The van der Waals surface area contributed by atoms with Crippen LogP contribution in [0.3, 0.4) is 0 Å². The van der Waals surface area contributed by atoms with Gasteiger partial charge >= 0.3 is 0 Å². The van der Waals surface area contributed by atoms with Gasteiger partial charge in [-0.05, 0) is 30.7 Å². The minimum atomic E-state index is -0.529. The molecule has 1 amide bonds. The van der Waals surface area contributed by atoms with Crippen LogP contribution in [0.25, 0.3) is 0 Å². The van der Waals surface area contributed by atoms with Crippen LogP contribution in [0.15, 0.2) is 36.4 Å². The largest absolute Gasteiger partial charge is 0.377 e. The monoisotopic (exact) mass is 381 g/mol. The molecule has 1 unspecified atom stereocenters. The van der Waals surface area contributed by atoms with Crippen LogP contribution in [-0.4, -0.2) is 24.9 Å². The Morgan fingerprint density at radius 3 is 2.40 bits per heavy atom. The van der Waals surface area contributed by atoms with Gasteiger partial charge in [0.15, 0.2) is 0 Å². The summed E-state index contributed by atoms with van der Waals surface area (Å²) in [5.41, 5.74) is 1.45. The van der Waals surface area contributed by atoms with Crippen LogP contribution in [-0.2, 0) is 0 Å². The van der Waals surface area contributed by atoms with Gasteiger partial charge in [0.05, 0.1) is 26.6 Å². The Balaban J connectivity index is 2.31. The zero-order valence-electron chi connectivity index (χ0n) is 13.9. The van der Waals surface area contributed by atoms with Crippen molar-refractivity contribution in [1.29, 1.82) is 0 Å². The normalized spacial score (nSPS) is 11.7. The van der Waals surface area contributed by atoms with Gasteiger partial charge in [-0.15, -0.1) is 0 Å². The summed E-state index contributed by atoms with van der Waals surface area (Å²) in [5, 5.41) is 14.7. The molecule has 2 aromatic carbocycles. The van der Waals surface area contributed by atoms with Gasteiger partial charge in [-0.3, -0.25) is 14.9 Å². The van der Waals surface area contributed by atoms with Gasteiger partial charge in [0.2, 0.25) is 0 Å². The number of nitro benzene ring substituents is 1. The van der Waals surface area contributed by atoms with Crippen LogP contribution in [0.5, 0.6) is 0 Å². The molecule has 0 spiro atoms. The Bertz CT molecular complexity index is 825. The first-order valence-corrected chi connectivity index (χ1v) is 8.18. The van der Waals surface area contributed by atoms with Crippen molar-refractivity contribution < 1.29 is 9.72 Å². The van der Waals surface area contributed by atoms with Gasteiger partial charge in [0.25, 0.3) is 11.6 Å². The van der Waals surface area contributed by atoms with Crippen LogP contribution in [0.4, 0.5) is 11.4 Å². The van der Waals surface area contributed by atoms with Crippen LogP contribution in [0, 0.1) is 10.1 Å². The molecule has 2 aromatic rings. The molecule has 0 saturated heterocycles. The second kappa shape index (κ2) is 7.72. The average Bonchev–Trinajstić information content (AvgIpc) is 2.56. The Labute approximate surface area is 155 Å². The molecule has 2 rings (SSSR count). The highest BCUT2D eigenvalue weighted by molar-refractivity contribution is 6.42. The highest BCUT2D eigenvalue weighted by Crippen LogP contribution is 2.27. The summed E-state index contributed by atoms with van der Waals surface area (Å²) >= 11 is 11.9. The molecule has 0 aliphatic heterocycles. The van der Waals surface area contributed by atoms with Crippen molar-refractivity contribution in [2.24, 2.45) is 0 Å². The van der Waals surface area contributed by atoms with Gasteiger partial charge in [-0.2, -0.15) is 0 Å². The topological polar surface area (TPSA) is 75.5 Å². The Morgan fingerprint density at radius 2 is 1.84 bits per heavy atom. The molecular weight excluding hydrogens is 365 g/mol. The van der Waals surface area contributed by atoms with E-state index in [1.165, 1.54) is 12.1 Å². The number of nitro groups is 1. The van der Waals surface area contributed by atoms with E-state index >= 15 is 0 Å². The average molecular weight is 382 g/mol. The van der Waals surface area contributed by atoms with E-state index in [1.54, 1.807) is 50.2 Å². The lowest BCUT2D eigenvalue weighted by molar-refractivity contribution is -0.384. The van der Waals surface area contributed by atoms with E-state index in [2.05, 4.69) is 5.32 Å².